The Labute approximate surface area is 163 Å². The number of aromatic nitrogens is 1. The predicted molar refractivity (Wildman–Crippen MR) is 103 cm³/mol. The number of hydrogen-bond acceptors (Lipinski definition) is 6. The van der Waals surface area contributed by atoms with Gasteiger partial charge in [0.05, 0.1) is 16.1 Å². The van der Waals surface area contributed by atoms with Crippen molar-refractivity contribution >= 4 is 27.3 Å². The molecule has 1 N–H and O–H groups in total. The summed E-state index contributed by atoms with van der Waals surface area (Å²) in [7, 11) is -3.53. The third kappa shape index (κ3) is 3.52. The Morgan fingerprint density at radius 1 is 1.30 bits per heavy atom. The minimum atomic E-state index is -3.53. The highest BCUT2D eigenvalue weighted by Gasteiger charge is 2.44. The first-order chi connectivity index (χ1) is 13.0. The lowest BCUT2D eigenvalue weighted by Gasteiger charge is -2.39. The monoisotopic (exact) mass is 406 g/mol. The highest BCUT2D eigenvalue weighted by molar-refractivity contribution is 7.89. The summed E-state index contributed by atoms with van der Waals surface area (Å²) in [5, 5.41) is 2.96. The Kier molecular flexibility index (Phi) is 5.02. The van der Waals surface area contributed by atoms with Crippen molar-refractivity contribution in [3.63, 3.8) is 0 Å². The van der Waals surface area contributed by atoms with E-state index in [1.54, 1.807) is 34.1 Å². The van der Waals surface area contributed by atoms with Crippen LogP contribution >= 0.6 is 11.3 Å². The zero-order chi connectivity index (χ0) is 19.0. The average Bonchev–Trinajstić information content (AvgIpc) is 3.28. The summed E-state index contributed by atoms with van der Waals surface area (Å²) in [6.07, 6.45) is 0.824. The lowest BCUT2D eigenvalue weighted by Crippen LogP contribution is -2.57. The van der Waals surface area contributed by atoms with Crippen LogP contribution in [0.25, 0.3) is 0 Å². The summed E-state index contributed by atoms with van der Waals surface area (Å²) in [6, 6.07) is 8.55. The van der Waals surface area contributed by atoms with Gasteiger partial charge >= 0.3 is 0 Å². The van der Waals surface area contributed by atoms with Crippen molar-refractivity contribution in [2.45, 2.75) is 30.3 Å². The van der Waals surface area contributed by atoms with Crippen LogP contribution in [-0.4, -0.2) is 66.8 Å². The number of rotatable bonds is 5. The standard InChI is InChI=1S/C18H22N4O3S2/c1-13-17(26-12-20-13)18(23)19-9-15-11-22(14-7-8-21(15)10-14)27(24,25)16-5-3-2-4-6-16/h2-6,12,14-15H,7-11H2,1H3,(H,19,23)/t14-,15-/m0/s1. The Hall–Kier alpha value is -1.81. The molecule has 144 valence electrons. The molecule has 4 rings (SSSR count). The molecule has 2 saturated heterocycles. The lowest BCUT2D eigenvalue weighted by atomic mass is 10.2. The molecule has 1 aromatic carbocycles. The van der Waals surface area contributed by atoms with E-state index in [0.717, 1.165) is 18.7 Å². The second-order valence-corrected chi connectivity index (χ2v) is 9.70. The number of piperazine rings is 1. The predicted octanol–water partition coefficient (Wildman–Crippen LogP) is 1.33. The van der Waals surface area contributed by atoms with E-state index < -0.39 is 10.0 Å². The van der Waals surface area contributed by atoms with Crippen LogP contribution in [0.5, 0.6) is 0 Å². The van der Waals surface area contributed by atoms with Gasteiger partial charge in [-0.1, -0.05) is 18.2 Å². The van der Waals surface area contributed by atoms with Gasteiger partial charge in [-0.25, -0.2) is 13.4 Å². The fourth-order valence-corrected chi connectivity index (χ4v) is 6.26. The number of fused-ring (bicyclic) bond motifs is 2. The molecule has 0 radical (unpaired) electrons. The van der Waals surface area contributed by atoms with Gasteiger partial charge in [-0.15, -0.1) is 11.3 Å². The number of nitrogens with one attached hydrogen (secondary N) is 1. The van der Waals surface area contributed by atoms with Crippen LogP contribution in [0.3, 0.4) is 0 Å². The average molecular weight is 407 g/mol. The van der Waals surface area contributed by atoms with E-state index in [1.807, 2.05) is 13.0 Å². The Balaban J connectivity index is 1.49. The van der Waals surface area contributed by atoms with E-state index in [4.69, 9.17) is 0 Å². The van der Waals surface area contributed by atoms with Gasteiger partial charge < -0.3 is 5.32 Å². The van der Waals surface area contributed by atoms with Crippen LogP contribution in [0.4, 0.5) is 0 Å². The number of carbonyl (C=O) groups excluding carboxylic acids is 1. The molecular formula is C18H22N4O3S2. The number of amides is 1. The summed E-state index contributed by atoms with van der Waals surface area (Å²) in [5.74, 6) is -0.145. The first kappa shape index (κ1) is 18.5. The van der Waals surface area contributed by atoms with Gasteiger partial charge in [0.1, 0.15) is 4.88 Å². The second kappa shape index (κ2) is 7.31. The molecule has 1 aromatic heterocycles. The summed E-state index contributed by atoms with van der Waals surface area (Å²) in [4.78, 5) is 19.7. The molecule has 27 heavy (non-hydrogen) atoms. The SMILES string of the molecule is Cc1ncsc1C(=O)NC[C@H]1CN(S(=O)(=O)c2ccccc2)[C@H]2CCN1C2. The summed E-state index contributed by atoms with van der Waals surface area (Å²) < 4.78 is 27.8. The van der Waals surface area contributed by atoms with Gasteiger partial charge in [-0.3, -0.25) is 9.69 Å². The topological polar surface area (TPSA) is 82.6 Å². The molecule has 0 spiro atoms. The molecule has 0 saturated carbocycles. The fourth-order valence-electron chi connectivity index (χ4n) is 3.83. The molecular weight excluding hydrogens is 384 g/mol. The van der Waals surface area contributed by atoms with Gasteiger partial charge in [-0.2, -0.15) is 4.31 Å². The molecule has 2 aliphatic heterocycles. The van der Waals surface area contributed by atoms with Crippen molar-refractivity contribution in [3.8, 4) is 0 Å². The van der Waals surface area contributed by atoms with Crippen molar-refractivity contribution in [3.05, 3.63) is 46.4 Å². The van der Waals surface area contributed by atoms with E-state index in [2.05, 4.69) is 15.2 Å². The molecule has 2 bridgehead atoms. The minimum absolute atomic E-state index is 0.00546. The number of benzene rings is 1. The molecule has 2 fully saturated rings. The molecule has 3 atom stereocenters. The maximum Gasteiger partial charge on any atom is 0.263 e. The van der Waals surface area contributed by atoms with Crippen LogP contribution < -0.4 is 5.32 Å². The Bertz CT molecular complexity index is 929. The van der Waals surface area contributed by atoms with Crippen molar-refractivity contribution in [1.29, 1.82) is 0 Å². The summed E-state index contributed by atoms with van der Waals surface area (Å²) >= 11 is 1.32. The third-order valence-electron chi connectivity index (χ3n) is 5.31. The lowest BCUT2D eigenvalue weighted by molar-refractivity contribution is 0.0918. The molecule has 3 heterocycles. The number of thiazole rings is 1. The van der Waals surface area contributed by atoms with Crippen LogP contribution in [-0.2, 0) is 10.0 Å². The van der Waals surface area contributed by atoms with Gasteiger partial charge in [0.25, 0.3) is 5.91 Å². The first-order valence-electron chi connectivity index (χ1n) is 8.96. The molecule has 1 amide bonds. The fraction of sp³-hybridized carbons (Fsp3) is 0.444. The highest BCUT2D eigenvalue weighted by Crippen LogP contribution is 2.30. The first-order valence-corrected chi connectivity index (χ1v) is 11.3. The zero-order valence-corrected chi connectivity index (χ0v) is 16.7. The zero-order valence-electron chi connectivity index (χ0n) is 15.0. The van der Waals surface area contributed by atoms with E-state index in [0.29, 0.717) is 29.4 Å². The maximum absolute atomic E-state index is 13.1. The maximum atomic E-state index is 13.1. The van der Waals surface area contributed by atoms with Gasteiger partial charge in [0, 0.05) is 38.3 Å². The summed E-state index contributed by atoms with van der Waals surface area (Å²) in [6.45, 7) is 4.19. The van der Waals surface area contributed by atoms with Crippen molar-refractivity contribution < 1.29 is 13.2 Å². The molecule has 7 nitrogen and oxygen atoms in total. The Morgan fingerprint density at radius 2 is 2.07 bits per heavy atom. The largest absolute Gasteiger partial charge is 0.350 e. The smallest absolute Gasteiger partial charge is 0.263 e. The van der Waals surface area contributed by atoms with Crippen LogP contribution in [0.15, 0.2) is 40.7 Å². The van der Waals surface area contributed by atoms with Crippen LogP contribution in [0, 0.1) is 6.92 Å². The van der Waals surface area contributed by atoms with Gasteiger partial charge in [0.2, 0.25) is 10.0 Å². The van der Waals surface area contributed by atoms with E-state index in [9.17, 15) is 13.2 Å². The van der Waals surface area contributed by atoms with E-state index in [1.165, 1.54) is 11.3 Å². The molecule has 0 aliphatic carbocycles. The molecule has 9 heteroatoms. The molecule has 1 unspecified atom stereocenters. The molecule has 2 aromatic rings. The Morgan fingerprint density at radius 3 is 2.78 bits per heavy atom. The number of carbonyl (C=O) groups is 1. The van der Waals surface area contributed by atoms with E-state index in [-0.39, 0.29) is 18.0 Å². The van der Waals surface area contributed by atoms with Crippen molar-refractivity contribution in [2.24, 2.45) is 0 Å². The number of hydrogen-bond donors (Lipinski definition) is 1. The molecule has 2 aliphatic rings. The highest BCUT2D eigenvalue weighted by atomic mass is 32.2. The van der Waals surface area contributed by atoms with Crippen molar-refractivity contribution in [1.82, 2.24) is 19.5 Å². The number of nitrogens with zero attached hydrogens (tertiary/aromatic N) is 3. The summed E-state index contributed by atoms with van der Waals surface area (Å²) in [5.41, 5.74) is 2.38. The van der Waals surface area contributed by atoms with Gasteiger partial charge in [0.15, 0.2) is 0 Å². The second-order valence-electron chi connectivity index (χ2n) is 6.96. The normalized spacial score (nSPS) is 25.4. The van der Waals surface area contributed by atoms with Gasteiger partial charge in [-0.05, 0) is 25.5 Å². The number of aryl methyl sites for hydroxylation is 1. The third-order valence-corrected chi connectivity index (χ3v) is 8.17. The number of sulfonamides is 1. The minimum Gasteiger partial charge on any atom is -0.350 e. The van der Waals surface area contributed by atoms with Crippen LogP contribution in [0.1, 0.15) is 21.8 Å². The van der Waals surface area contributed by atoms with Crippen LogP contribution in [0.2, 0.25) is 0 Å². The quantitative estimate of drug-likeness (QED) is 0.810. The van der Waals surface area contributed by atoms with E-state index >= 15 is 0 Å². The van der Waals surface area contributed by atoms with Crippen molar-refractivity contribution in [2.75, 3.05) is 26.2 Å².